The van der Waals surface area contributed by atoms with Crippen molar-refractivity contribution in [1.82, 2.24) is 4.90 Å². The standard InChI is InChI=1S/C17H16INO3/c1-12(20)19(2)11-17(21)22-16-9-5-14(6-10-16)13-3-7-15(18)8-4-13/h3-10H,11H2,1-2H3. The van der Waals surface area contributed by atoms with Crippen LogP contribution in [0, 0.1) is 3.57 Å². The summed E-state index contributed by atoms with van der Waals surface area (Å²) in [6, 6.07) is 15.5. The third kappa shape index (κ3) is 4.56. The Balaban J connectivity index is 2.01. The molecule has 0 aliphatic heterocycles. The molecule has 2 rings (SSSR count). The second kappa shape index (κ2) is 7.40. The summed E-state index contributed by atoms with van der Waals surface area (Å²) in [7, 11) is 1.56. The van der Waals surface area contributed by atoms with Gasteiger partial charge in [-0.25, -0.2) is 4.79 Å². The number of rotatable bonds is 4. The molecule has 0 heterocycles. The molecule has 0 N–H and O–H groups in total. The highest BCUT2D eigenvalue weighted by Crippen LogP contribution is 2.23. The molecule has 2 aromatic rings. The number of carbonyl (C=O) groups is 2. The van der Waals surface area contributed by atoms with Crippen molar-refractivity contribution in [2.45, 2.75) is 6.92 Å². The van der Waals surface area contributed by atoms with Gasteiger partial charge in [0, 0.05) is 17.5 Å². The largest absolute Gasteiger partial charge is 0.425 e. The van der Waals surface area contributed by atoms with Gasteiger partial charge < -0.3 is 9.64 Å². The molecule has 0 aromatic heterocycles. The Morgan fingerprint density at radius 1 is 1.00 bits per heavy atom. The quantitative estimate of drug-likeness (QED) is 0.442. The average molecular weight is 409 g/mol. The number of carbonyl (C=O) groups excluding carboxylic acids is 2. The molecule has 0 spiro atoms. The lowest BCUT2D eigenvalue weighted by Crippen LogP contribution is -2.32. The Morgan fingerprint density at radius 3 is 2.00 bits per heavy atom. The summed E-state index contributed by atoms with van der Waals surface area (Å²) in [6.07, 6.45) is 0. The summed E-state index contributed by atoms with van der Waals surface area (Å²) in [6.45, 7) is 1.34. The maximum atomic E-state index is 11.7. The summed E-state index contributed by atoms with van der Waals surface area (Å²) >= 11 is 2.26. The summed E-state index contributed by atoms with van der Waals surface area (Å²) in [5, 5.41) is 0. The van der Waals surface area contributed by atoms with E-state index in [0.717, 1.165) is 11.1 Å². The molecule has 0 saturated carbocycles. The number of ether oxygens (including phenoxy) is 1. The Kier molecular flexibility index (Phi) is 5.54. The summed E-state index contributed by atoms with van der Waals surface area (Å²) < 4.78 is 6.39. The normalized spacial score (nSPS) is 10.1. The van der Waals surface area contributed by atoms with Crippen molar-refractivity contribution in [2.75, 3.05) is 13.6 Å². The highest BCUT2D eigenvalue weighted by Gasteiger charge is 2.11. The van der Waals surface area contributed by atoms with E-state index in [1.165, 1.54) is 15.4 Å². The minimum Gasteiger partial charge on any atom is -0.425 e. The van der Waals surface area contributed by atoms with Gasteiger partial charge in [0.25, 0.3) is 0 Å². The smallest absolute Gasteiger partial charge is 0.331 e. The molecule has 1 amide bonds. The number of benzene rings is 2. The van der Waals surface area contributed by atoms with E-state index >= 15 is 0 Å². The van der Waals surface area contributed by atoms with Gasteiger partial charge in [-0.15, -0.1) is 0 Å². The number of amides is 1. The van der Waals surface area contributed by atoms with Crippen molar-refractivity contribution in [1.29, 1.82) is 0 Å². The average Bonchev–Trinajstić information content (AvgIpc) is 2.48. The monoisotopic (exact) mass is 409 g/mol. The van der Waals surface area contributed by atoms with Crippen molar-refractivity contribution in [2.24, 2.45) is 0 Å². The number of likely N-dealkylation sites (N-methyl/N-ethyl adjacent to an activating group) is 1. The number of hydrogen-bond donors (Lipinski definition) is 0. The fourth-order valence-corrected chi connectivity index (χ4v) is 2.19. The lowest BCUT2D eigenvalue weighted by atomic mass is 10.1. The Hall–Kier alpha value is -1.89. The van der Waals surface area contributed by atoms with Crippen LogP contribution < -0.4 is 4.74 Å². The molecule has 0 fully saturated rings. The van der Waals surface area contributed by atoms with Crippen LogP contribution in [0.2, 0.25) is 0 Å². The Bertz CT molecular complexity index is 665. The van der Waals surface area contributed by atoms with E-state index < -0.39 is 5.97 Å². The predicted octanol–water partition coefficient (Wildman–Crippen LogP) is 3.34. The van der Waals surface area contributed by atoms with E-state index in [-0.39, 0.29) is 12.5 Å². The summed E-state index contributed by atoms with van der Waals surface area (Å²) in [5.41, 5.74) is 2.16. The molecule has 0 aliphatic carbocycles. The Morgan fingerprint density at radius 2 is 1.50 bits per heavy atom. The van der Waals surface area contributed by atoms with E-state index in [1.807, 2.05) is 36.4 Å². The van der Waals surface area contributed by atoms with Crippen LogP contribution >= 0.6 is 22.6 Å². The van der Waals surface area contributed by atoms with Gasteiger partial charge in [-0.3, -0.25) is 4.79 Å². The van der Waals surface area contributed by atoms with Gasteiger partial charge in [-0.2, -0.15) is 0 Å². The van der Waals surface area contributed by atoms with Gasteiger partial charge in [0.05, 0.1) is 0 Å². The van der Waals surface area contributed by atoms with Crippen LogP contribution in [0.25, 0.3) is 11.1 Å². The van der Waals surface area contributed by atoms with Crippen molar-refractivity contribution in [3.05, 3.63) is 52.1 Å². The SMILES string of the molecule is CC(=O)N(C)CC(=O)Oc1ccc(-c2ccc(I)cc2)cc1. The van der Waals surface area contributed by atoms with E-state index in [0.29, 0.717) is 5.75 Å². The minimum atomic E-state index is -0.459. The number of nitrogens with zero attached hydrogens (tertiary/aromatic N) is 1. The van der Waals surface area contributed by atoms with Crippen LogP contribution in [0.3, 0.4) is 0 Å². The van der Waals surface area contributed by atoms with E-state index in [2.05, 4.69) is 22.6 Å². The minimum absolute atomic E-state index is 0.0613. The first-order chi connectivity index (χ1) is 10.5. The molecule has 4 nitrogen and oxygen atoms in total. The molecule has 114 valence electrons. The Labute approximate surface area is 143 Å². The van der Waals surface area contributed by atoms with Crippen molar-refractivity contribution < 1.29 is 14.3 Å². The first-order valence-corrected chi connectivity index (χ1v) is 7.82. The molecule has 0 saturated heterocycles. The zero-order valence-electron chi connectivity index (χ0n) is 12.4. The van der Waals surface area contributed by atoms with Crippen molar-refractivity contribution >= 4 is 34.5 Å². The van der Waals surface area contributed by atoms with Gasteiger partial charge in [0.1, 0.15) is 12.3 Å². The molecule has 0 unspecified atom stereocenters. The van der Waals surface area contributed by atoms with E-state index in [9.17, 15) is 9.59 Å². The van der Waals surface area contributed by atoms with Crippen LogP contribution in [0.4, 0.5) is 0 Å². The van der Waals surface area contributed by atoms with Gasteiger partial charge in [-0.1, -0.05) is 24.3 Å². The molecular formula is C17H16INO3. The van der Waals surface area contributed by atoms with Gasteiger partial charge in [-0.05, 0) is 58.0 Å². The van der Waals surface area contributed by atoms with E-state index in [4.69, 9.17) is 4.74 Å². The second-order valence-corrected chi connectivity index (χ2v) is 6.13. The van der Waals surface area contributed by atoms with Crippen LogP contribution in [-0.4, -0.2) is 30.4 Å². The number of hydrogen-bond acceptors (Lipinski definition) is 3. The number of halogens is 1. The molecule has 22 heavy (non-hydrogen) atoms. The van der Waals surface area contributed by atoms with Gasteiger partial charge in [0.2, 0.25) is 5.91 Å². The van der Waals surface area contributed by atoms with Gasteiger partial charge in [0.15, 0.2) is 0 Å². The predicted molar refractivity (Wildman–Crippen MR) is 93.5 cm³/mol. The van der Waals surface area contributed by atoms with Gasteiger partial charge >= 0.3 is 5.97 Å². The highest BCUT2D eigenvalue weighted by molar-refractivity contribution is 14.1. The third-order valence-corrected chi connectivity index (χ3v) is 3.89. The maximum absolute atomic E-state index is 11.7. The lowest BCUT2D eigenvalue weighted by Gasteiger charge is -2.13. The van der Waals surface area contributed by atoms with Crippen LogP contribution in [0.15, 0.2) is 48.5 Å². The zero-order chi connectivity index (χ0) is 16.1. The van der Waals surface area contributed by atoms with Crippen molar-refractivity contribution in [3.63, 3.8) is 0 Å². The second-order valence-electron chi connectivity index (χ2n) is 4.88. The lowest BCUT2D eigenvalue weighted by molar-refractivity contribution is -0.140. The molecule has 5 heteroatoms. The molecule has 2 aromatic carbocycles. The van der Waals surface area contributed by atoms with Crippen LogP contribution in [-0.2, 0) is 9.59 Å². The molecule has 0 atom stereocenters. The first kappa shape index (κ1) is 16.5. The molecular weight excluding hydrogens is 393 g/mol. The highest BCUT2D eigenvalue weighted by atomic mass is 127. The third-order valence-electron chi connectivity index (χ3n) is 3.17. The van der Waals surface area contributed by atoms with E-state index in [1.54, 1.807) is 19.2 Å². The summed E-state index contributed by atoms with van der Waals surface area (Å²) in [4.78, 5) is 24.1. The van der Waals surface area contributed by atoms with Crippen LogP contribution in [0.1, 0.15) is 6.92 Å². The van der Waals surface area contributed by atoms with Crippen LogP contribution in [0.5, 0.6) is 5.75 Å². The fourth-order valence-electron chi connectivity index (χ4n) is 1.83. The van der Waals surface area contributed by atoms with Crippen molar-refractivity contribution in [3.8, 4) is 16.9 Å². The summed E-state index contributed by atoms with van der Waals surface area (Å²) in [5.74, 6) is -0.165. The maximum Gasteiger partial charge on any atom is 0.331 e. The number of esters is 1. The molecule has 0 aliphatic rings. The molecule has 0 bridgehead atoms. The fraction of sp³-hybridized carbons (Fsp3) is 0.176. The topological polar surface area (TPSA) is 46.6 Å². The first-order valence-electron chi connectivity index (χ1n) is 6.74. The molecule has 0 radical (unpaired) electrons. The zero-order valence-corrected chi connectivity index (χ0v) is 14.5.